The maximum atomic E-state index is 13.6. The SMILES string of the molecule is CCOC(=O)c1c(-c2ccccc2)csc1NC(=O)CSc1nc(-c2ccc(OC)cc2)cc(C(F)(F)F)n1. The number of amides is 1. The smallest absolute Gasteiger partial charge is 0.433 e. The third-order valence-corrected chi connectivity index (χ3v) is 7.07. The minimum Gasteiger partial charge on any atom is -0.497 e. The minimum atomic E-state index is -4.71. The van der Waals surface area contributed by atoms with Gasteiger partial charge in [0.1, 0.15) is 22.0 Å². The maximum Gasteiger partial charge on any atom is 0.433 e. The lowest BCUT2D eigenvalue weighted by molar-refractivity contribution is -0.141. The number of thioether (sulfide) groups is 1. The third-order valence-electron chi connectivity index (χ3n) is 5.32. The Bertz CT molecular complexity index is 1460. The molecule has 0 saturated carbocycles. The van der Waals surface area contributed by atoms with E-state index in [1.165, 1.54) is 7.11 Å². The summed E-state index contributed by atoms with van der Waals surface area (Å²) in [4.78, 5) is 33.4. The van der Waals surface area contributed by atoms with Crippen LogP contribution in [0.5, 0.6) is 5.75 Å². The molecular weight excluding hydrogens is 551 g/mol. The van der Waals surface area contributed by atoms with E-state index in [2.05, 4.69) is 15.3 Å². The molecule has 1 N–H and O–H groups in total. The van der Waals surface area contributed by atoms with Crippen LogP contribution >= 0.6 is 23.1 Å². The number of rotatable bonds is 9. The Morgan fingerprint density at radius 2 is 1.74 bits per heavy atom. The summed E-state index contributed by atoms with van der Waals surface area (Å²) in [6.45, 7) is 1.83. The predicted molar refractivity (Wildman–Crippen MR) is 144 cm³/mol. The van der Waals surface area contributed by atoms with Gasteiger partial charge < -0.3 is 14.8 Å². The summed E-state index contributed by atoms with van der Waals surface area (Å²) >= 11 is 1.90. The van der Waals surface area contributed by atoms with Gasteiger partial charge in [-0.1, -0.05) is 42.1 Å². The monoisotopic (exact) mass is 573 g/mol. The number of benzene rings is 2. The molecule has 7 nitrogen and oxygen atoms in total. The van der Waals surface area contributed by atoms with Crippen molar-refractivity contribution in [3.8, 4) is 28.1 Å². The number of methoxy groups -OCH3 is 1. The lowest BCUT2D eigenvalue weighted by Gasteiger charge is -2.11. The highest BCUT2D eigenvalue weighted by atomic mass is 32.2. The average molecular weight is 574 g/mol. The molecule has 2 heterocycles. The van der Waals surface area contributed by atoms with E-state index in [0.717, 1.165) is 34.7 Å². The molecule has 4 aromatic rings. The molecule has 2 aromatic carbocycles. The lowest BCUT2D eigenvalue weighted by atomic mass is 10.0. The molecule has 0 unspecified atom stereocenters. The van der Waals surface area contributed by atoms with Crippen LogP contribution in [-0.4, -0.2) is 41.3 Å². The van der Waals surface area contributed by atoms with E-state index in [9.17, 15) is 22.8 Å². The number of nitrogens with one attached hydrogen (secondary N) is 1. The number of ether oxygens (including phenoxy) is 2. The average Bonchev–Trinajstić information content (AvgIpc) is 3.35. The van der Waals surface area contributed by atoms with E-state index in [0.29, 0.717) is 16.9 Å². The Labute approximate surface area is 230 Å². The first-order valence-corrected chi connectivity index (χ1v) is 13.4. The standard InChI is InChI=1S/C27H22F3N3O4S2/c1-3-37-25(35)23-19(16-7-5-4-6-8-16)14-38-24(23)33-22(34)15-39-26-31-20(13-21(32-26)27(28,29)30)17-9-11-18(36-2)12-10-17/h4-14H,3,15H2,1-2H3,(H,33,34). The number of aromatic nitrogens is 2. The molecule has 0 aliphatic carbocycles. The molecule has 202 valence electrons. The fourth-order valence-corrected chi connectivity index (χ4v) is 5.16. The molecule has 1 amide bonds. The van der Waals surface area contributed by atoms with Crippen LogP contribution in [0.15, 0.2) is 71.2 Å². The van der Waals surface area contributed by atoms with Gasteiger partial charge in [0.25, 0.3) is 0 Å². The number of esters is 1. The van der Waals surface area contributed by atoms with Gasteiger partial charge in [0.05, 0.1) is 25.2 Å². The molecule has 0 radical (unpaired) electrons. The molecule has 0 spiro atoms. The van der Waals surface area contributed by atoms with Gasteiger partial charge >= 0.3 is 12.1 Å². The van der Waals surface area contributed by atoms with Crippen LogP contribution in [0.2, 0.25) is 0 Å². The molecule has 0 aliphatic heterocycles. The normalized spacial score (nSPS) is 11.2. The Morgan fingerprint density at radius 3 is 2.38 bits per heavy atom. The first kappa shape index (κ1) is 28.1. The van der Waals surface area contributed by atoms with E-state index in [4.69, 9.17) is 9.47 Å². The molecule has 39 heavy (non-hydrogen) atoms. The molecule has 0 aliphatic rings. The number of thiophene rings is 1. The van der Waals surface area contributed by atoms with E-state index in [-0.39, 0.29) is 33.8 Å². The van der Waals surface area contributed by atoms with Gasteiger partial charge in [-0.15, -0.1) is 11.3 Å². The quantitative estimate of drug-likeness (QED) is 0.134. The Balaban J connectivity index is 1.55. The lowest BCUT2D eigenvalue weighted by Crippen LogP contribution is -2.17. The van der Waals surface area contributed by atoms with Gasteiger partial charge in [-0.25, -0.2) is 14.8 Å². The number of carbonyl (C=O) groups excluding carboxylic acids is 2. The van der Waals surface area contributed by atoms with Crippen molar-refractivity contribution in [1.29, 1.82) is 0 Å². The van der Waals surface area contributed by atoms with Crippen LogP contribution in [0.3, 0.4) is 0 Å². The first-order valence-electron chi connectivity index (χ1n) is 11.6. The maximum absolute atomic E-state index is 13.6. The highest BCUT2D eigenvalue weighted by molar-refractivity contribution is 7.99. The van der Waals surface area contributed by atoms with Gasteiger partial charge in [-0.2, -0.15) is 13.2 Å². The second-order valence-electron chi connectivity index (χ2n) is 7.92. The molecule has 2 aromatic heterocycles. The van der Waals surface area contributed by atoms with Crippen LogP contribution in [0.25, 0.3) is 22.4 Å². The highest BCUT2D eigenvalue weighted by Crippen LogP contribution is 2.37. The van der Waals surface area contributed by atoms with Crippen molar-refractivity contribution in [3.63, 3.8) is 0 Å². The van der Waals surface area contributed by atoms with Crippen LogP contribution < -0.4 is 10.1 Å². The molecule has 0 atom stereocenters. The molecule has 0 saturated heterocycles. The van der Waals surface area contributed by atoms with E-state index >= 15 is 0 Å². The summed E-state index contributed by atoms with van der Waals surface area (Å²) in [6, 6.07) is 16.4. The molecule has 12 heteroatoms. The Hall–Kier alpha value is -3.90. The summed E-state index contributed by atoms with van der Waals surface area (Å²) in [5, 5.41) is 4.48. The van der Waals surface area contributed by atoms with Crippen molar-refractivity contribution in [1.82, 2.24) is 9.97 Å². The Kier molecular flexibility index (Phi) is 8.87. The van der Waals surface area contributed by atoms with Gasteiger partial charge in [0.2, 0.25) is 5.91 Å². The number of hydrogen-bond donors (Lipinski definition) is 1. The zero-order valence-corrected chi connectivity index (χ0v) is 22.4. The number of carbonyl (C=O) groups is 2. The second-order valence-corrected chi connectivity index (χ2v) is 9.75. The number of nitrogens with zero attached hydrogens (tertiary/aromatic N) is 2. The summed E-state index contributed by atoms with van der Waals surface area (Å²) in [5.41, 5.74) is 0.951. The molecule has 4 rings (SSSR count). The van der Waals surface area contributed by atoms with Crippen LogP contribution in [0.4, 0.5) is 18.2 Å². The predicted octanol–water partition coefficient (Wildman–Crippen LogP) is 6.81. The zero-order chi connectivity index (χ0) is 28.0. The van der Waals surface area contributed by atoms with Gasteiger partial charge in [-0.3, -0.25) is 4.79 Å². The summed E-state index contributed by atoms with van der Waals surface area (Å²) in [7, 11) is 1.48. The van der Waals surface area contributed by atoms with Gasteiger partial charge in [-0.05, 0) is 42.8 Å². The van der Waals surface area contributed by atoms with Gasteiger partial charge in [0, 0.05) is 16.5 Å². The van der Waals surface area contributed by atoms with Crippen molar-refractivity contribution >= 4 is 40.0 Å². The van der Waals surface area contributed by atoms with E-state index in [1.807, 2.05) is 30.3 Å². The molecule has 0 bridgehead atoms. The fourth-order valence-electron chi connectivity index (χ4n) is 3.52. The van der Waals surface area contributed by atoms with E-state index < -0.39 is 23.7 Å². The number of hydrogen-bond acceptors (Lipinski definition) is 8. The van der Waals surface area contributed by atoms with Crippen molar-refractivity contribution in [2.45, 2.75) is 18.3 Å². The summed E-state index contributed by atoms with van der Waals surface area (Å²) in [6.07, 6.45) is -4.71. The number of alkyl halides is 3. The second kappa shape index (κ2) is 12.3. The van der Waals surface area contributed by atoms with Crippen LogP contribution in [-0.2, 0) is 15.7 Å². The zero-order valence-electron chi connectivity index (χ0n) is 20.7. The van der Waals surface area contributed by atoms with Crippen LogP contribution in [0.1, 0.15) is 23.0 Å². The third kappa shape index (κ3) is 6.95. The number of halogens is 3. The van der Waals surface area contributed by atoms with Crippen molar-refractivity contribution in [2.24, 2.45) is 0 Å². The highest BCUT2D eigenvalue weighted by Gasteiger charge is 2.34. The minimum absolute atomic E-state index is 0.0539. The van der Waals surface area contributed by atoms with Gasteiger partial charge in [0.15, 0.2) is 5.16 Å². The van der Waals surface area contributed by atoms with Crippen molar-refractivity contribution in [3.05, 3.63) is 77.3 Å². The van der Waals surface area contributed by atoms with E-state index in [1.54, 1.807) is 36.6 Å². The first-order chi connectivity index (χ1) is 18.7. The van der Waals surface area contributed by atoms with Crippen molar-refractivity contribution in [2.75, 3.05) is 24.8 Å². The van der Waals surface area contributed by atoms with Crippen LogP contribution in [0, 0.1) is 0 Å². The number of anilines is 1. The fraction of sp³-hybridized carbons (Fsp3) is 0.185. The summed E-state index contributed by atoms with van der Waals surface area (Å²) in [5.74, 6) is -0.879. The summed E-state index contributed by atoms with van der Waals surface area (Å²) < 4.78 is 50.9. The topological polar surface area (TPSA) is 90.4 Å². The molecular formula is C27H22F3N3O4S2. The van der Waals surface area contributed by atoms with Crippen molar-refractivity contribution < 1.29 is 32.2 Å². The molecule has 0 fully saturated rings. The largest absolute Gasteiger partial charge is 0.497 e. The Morgan fingerprint density at radius 1 is 1.03 bits per heavy atom.